The van der Waals surface area contributed by atoms with Crippen LogP contribution in [-0.4, -0.2) is 47.6 Å². The first kappa shape index (κ1) is 21.6. The molecule has 0 aliphatic rings. The van der Waals surface area contributed by atoms with E-state index in [0.717, 1.165) is 34.1 Å². The van der Waals surface area contributed by atoms with E-state index in [9.17, 15) is 0 Å². The van der Waals surface area contributed by atoms with Crippen LogP contribution in [0.2, 0.25) is 0 Å². The zero-order valence-electron chi connectivity index (χ0n) is 18.2. The minimum absolute atomic E-state index is 0.109. The number of benzene rings is 1. The smallest absolute Gasteiger partial charge is 0.192 e. The lowest BCUT2D eigenvalue weighted by Crippen LogP contribution is -2.40. The van der Waals surface area contributed by atoms with Crippen molar-refractivity contribution >= 4 is 16.9 Å². The van der Waals surface area contributed by atoms with Crippen molar-refractivity contribution in [2.75, 3.05) is 26.9 Å². The lowest BCUT2D eigenvalue weighted by atomic mass is 10.2. The summed E-state index contributed by atoms with van der Waals surface area (Å²) in [6.07, 6.45) is 0. The quantitative estimate of drug-likeness (QED) is 0.315. The molecule has 3 rings (SSSR count). The topological polar surface area (TPSA) is 98.7 Å². The van der Waals surface area contributed by atoms with E-state index in [1.165, 1.54) is 0 Å². The summed E-state index contributed by atoms with van der Waals surface area (Å²) < 4.78 is 18.8. The van der Waals surface area contributed by atoms with E-state index in [1.54, 1.807) is 7.11 Å². The van der Waals surface area contributed by atoms with E-state index < -0.39 is 0 Å². The van der Waals surface area contributed by atoms with Gasteiger partial charge in [-0.1, -0.05) is 12.1 Å². The van der Waals surface area contributed by atoms with E-state index in [2.05, 4.69) is 25.8 Å². The summed E-state index contributed by atoms with van der Waals surface area (Å²) in [5, 5.41) is 15.9. The largest absolute Gasteiger partial charge is 0.490 e. The Morgan fingerprint density at radius 1 is 1.33 bits per heavy atom. The van der Waals surface area contributed by atoms with E-state index in [0.29, 0.717) is 32.3 Å². The van der Waals surface area contributed by atoms with Gasteiger partial charge in [-0.25, -0.2) is 4.99 Å². The number of hydrogen-bond acceptors (Lipinski definition) is 6. The van der Waals surface area contributed by atoms with Crippen LogP contribution in [0.4, 0.5) is 0 Å². The molecule has 0 amide bonds. The number of aliphatic imine (C=N–C) groups is 1. The van der Waals surface area contributed by atoms with Gasteiger partial charge in [0.05, 0.1) is 19.3 Å². The Morgan fingerprint density at radius 2 is 2.17 bits per heavy atom. The highest BCUT2D eigenvalue weighted by molar-refractivity contribution is 5.84. The van der Waals surface area contributed by atoms with Crippen LogP contribution in [-0.2, 0) is 18.3 Å². The molecular weight excluding hydrogens is 384 g/mol. The van der Waals surface area contributed by atoms with Gasteiger partial charge >= 0.3 is 0 Å². The zero-order valence-corrected chi connectivity index (χ0v) is 18.2. The van der Waals surface area contributed by atoms with Gasteiger partial charge in [-0.05, 0) is 32.9 Å². The molecule has 2 heterocycles. The number of aryl methyl sites for hydroxylation is 1. The highest BCUT2D eigenvalue weighted by Crippen LogP contribution is 2.31. The van der Waals surface area contributed by atoms with Gasteiger partial charge in [0.1, 0.15) is 18.1 Å². The van der Waals surface area contributed by atoms with Crippen molar-refractivity contribution in [1.82, 2.24) is 25.4 Å². The average Bonchev–Trinajstić information content (AvgIpc) is 3.31. The van der Waals surface area contributed by atoms with Crippen LogP contribution in [0.3, 0.4) is 0 Å². The van der Waals surface area contributed by atoms with Crippen LogP contribution in [0.25, 0.3) is 11.0 Å². The Labute approximate surface area is 176 Å². The third-order valence-corrected chi connectivity index (χ3v) is 4.77. The van der Waals surface area contributed by atoms with E-state index in [4.69, 9.17) is 13.9 Å². The molecule has 2 N–H and O–H groups in total. The van der Waals surface area contributed by atoms with Crippen molar-refractivity contribution in [3.63, 3.8) is 0 Å². The van der Waals surface area contributed by atoms with Gasteiger partial charge in [0.2, 0.25) is 0 Å². The van der Waals surface area contributed by atoms with Crippen molar-refractivity contribution in [2.24, 2.45) is 12.0 Å². The number of furan rings is 1. The molecule has 1 aromatic carbocycles. The molecule has 0 bridgehead atoms. The summed E-state index contributed by atoms with van der Waals surface area (Å²) in [4.78, 5) is 4.66. The summed E-state index contributed by atoms with van der Waals surface area (Å²) in [7, 11) is 3.60. The molecule has 0 saturated carbocycles. The first-order valence-electron chi connectivity index (χ1n) is 10.1. The predicted octanol–water partition coefficient (Wildman–Crippen LogP) is 2.71. The number of nitrogens with one attached hydrogen (secondary N) is 2. The summed E-state index contributed by atoms with van der Waals surface area (Å²) in [6.45, 7) is 8.09. The standard InChI is InChI=1S/C21H30N6O3/c1-6-29-17-9-7-8-16-12-18(30-20(16)17)14(2)24-21(22-10-11-28-5)23-13-19-26-25-15(3)27(19)4/h7-9,12,14H,6,10-11,13H2,1-5H3,(H2,22,23,24). The number of guanidine groups is 1. The highest BCUT2D eigenvalue weighted by Gasteiger charge is 2.16. The van der Waals surface area contributed by atoms with Gasteiger partial charge in [0.25, 0.3) is 0 Å². The Bertz CT molecular complexity index is 994. The maximum Gasteiger partial charge on any atom is 0.192 e. The molecule has 30 heavy (non-hydrogen) atoms. The molecule has 1 unspecified atom stereocenters. The maximum atomic E-state index is 6.10. The predicted molar refractivity (Wildman–Crippen MR) is 116 cm³/mol. The molecule has 9 heteroatoms. The summed E-state index contributed by atoms with van der Waals surface area (Å²) in [5.74, 6) is 3.83. The molecule has 162 valence electrons. The molecular formula is C21H30N6O3. The van der Waals surface area contributed by atoms with Gasteiger partial charge in [0.15, 0.2) is 23.1 Å². The molecule has 0 fully saturated rings. The number of nitrogens with zero attached hydrogens (tertiary/aromatic N) is 4. The Kier molecular flexibility index (Phi) is 7.29. The van der Waals surface area contributed by atoms with Crippen LogP contribution < -0.4 is 15.4 Å². The number of hydrogen-bond donors (Lipinski definition) is 2. The monoisotopic (exact) mass is 414 g/mol. The second-order valence-electron chi connectivity index (χ2n) is 6.93. The van der Waals surface area contributed by atoms with E-state index >= 15 is 0 Å². The Morgan fingerprint density at radius 3 is 2.87 bits per heavy atom. The van der Waals surface area contributed by atoms with Gasteiger partial charge in [0, 0.05) is 26.1 Å². The third-order valence-electron chi connectivity index (χ3n) is 4.77. The van der Waals surface area contributed by atoms with Crippen molar-refractivity contribution in [1.29, 1.82) is 0 Å². The summed E-state index contributed by atoms with van der Waals surface area (Å²) >= 11 is 0. The van der Waals surface area contributed by atoms with Crippen molar-refractivity contribution in [3.8, 4) is 5.75 Å². The molecule has 0 aliphatic heterocycles. The minimum Gasteiger partial charge on any atom is -0.490 e. The molecule has 0 radical (unpaired) electrons. The highest BCUT2D eigenvalue weighted by atomic mass is 16.5. The van der Waals surface area contributed by atoms with Crippen LogP contribution in [0.5, 0.6) is 5.75 Å². The molecule has 1 atom stereocenters. The molecule has 2 aromatic heterocycles. The second-order valence-corrected chi connectivity index (χ2v) is 6.93. The summed E-state index contributed by atoms with van der Waals surface area (Å²) in [5.41, 5.74) is 0.753. The molecule has 0 saturated heterocycles. The van der Waals surface area contributed by atoms with Crippen LogP contribution in [0.1, 0.15) is 37.3 Å². The van der Waals surface area contributed by atoms with E-state index in [1.807, 2.05) is 56.7 Å². The average molecular weight is 415 g/mol. The third kappa shape index (κ3) is 5.10. The van der Waals surface area contributed by atoms with Gasteiger partial charge in [-0.15, -0.1) is 10.2 Å². The zero-order chi connectivity index (χ0) is 21.5. The number of ether oxygens (including phenoxy) is 2. The fraction of sp³-hybridized carbons (Fsp3) is 0.476. The van der Waals surface area contributed by atoms with Gasteiger partial charge < -0.3 is 29.1 Å². The lowest BCUT2D eigenvalue weighted by Gasteiger charge is -2.16. The molecule has 9 nitrogen and oxygen atoms in total. The second kappa shape index (κ2) is 10.1. The summed E-state index contributed by atoms with van der Waals surface area (Å²) in [6, 6.07) is 7.81. The van der Waals surface area contributed by atoms with Crippen molar-refractivity contribution < 1.29 is 13.9 Å². The van der Waals surface area contributed by atoms with E-state index in [-0.39, 0.29) is 6.04 Å². The van der Waals surface area contributed by atoms with Gasteiger partial charge in [-0.2, -0.15) is 0 Å². The Hall–Kier alpha value is -3.07. The normalized spacial score (nSPS) is 12.9. The maximum absolute atomic E-state index is 6.10. The Balaban J connectivity index is 1.77. The van der Waals surface area contributed by atoms with Crippen LogP contribution in [0.15, 0.2) is 33.7 Å². The first-order chi connectivity index (χ1) is 14.5. The number of rotatable bonds is 9. The fourth-order valence-electron chi connectivity index (χ4n) is 2.98. The van der Waals surface area contributed by atoms with Crippen LogP contribution in [0, 0.1) is 6.92 Å². The van der Waals surface area contributed by atoms with Crippen molar-refractivity contribution in [2.45, 2.75) is 33.4 Å². The van der Waals surface area contributed by atoms with Crippen LogP contribution >= 0.6 is 0 Å². The molecule has 0 spiro atoms. The fourth-order valence-corrected chi connectivity index (χ4v) is 2.98. The minimum atomic E-state index is -0.109. The number of methoxy groups -OCH3 is 1. The van der Waals surface area contributed by atoms with Gasteiger partial charge in [-0.3, -0.25) is 0 Å². The van der Waals surface area contributed by atoms with Crippen molar-refractivity contribution in [3.05, 3.63) is 41.7 Å². The first-order valence-corrected chi connectivity index (χ1v) is 10.1. The lowest BCUT2D eigenvalue weighted by molar-refractivity contribution is 0.203. The SMILES string of the molecule is CCOc1cccc2cc(C(C)NC(=NCc3nnc(C)n3C)NCCOC)oc12. The number of para-hydroxylation sites is 1. The molecule has 0 aliphatic carbocycles. The molecule has 3 aromatic rings. The number of fused-ring (bicyclic) bond motifs is 1. The number of aromatic nitrogens is 3.